The molecule has 0 aromatic carbocycles. The molecule has 0 aliphatic carbocycles. The minimum atomic E-state index is 0. The number of nitrogens with zero attached hydrogens (tertiary/aromatic N) is 5. The number of nitrogens with one attached hydrogen (secondary N) is 2. The van der Waals surface area contributed by atoms with Crippen LogP contribution < -0.4 is 15.5 Å². The van der Waals surface area contributed by atoms with Gasteiger partial charge in [-0.2, -0.15) is 4.37 Å². The zero-order valence-corrected chi connectivity index (χ0v) is 20.5. The topological polar surface area (TPSA) is 85.8 Å². The van der Waals surface area contributed by atoms with Crippen LogP contribution in [0, 0.1) is 0 Å². The van der Waals surface area contributed by atoms with Crippen LogP contribution in [0.25, 0.3) is 0 Å². The van der Waals surface area contributed by atoms with Crippen LogP contribution in [-0.4, -0.2) is 71.4 Å². The van der Waals surface area contributed by atoms with E-state index in [4.69, 9.17) is 0 Å². The third-order valence-corrected chi connectivity index (χ3v) is 5.39. The lowest BCUT2D eigenvalue weighted by Crippen LogP contribution is -2.52. The number of rotatable bonds is 8. The Labute approximate surface area is 189 Å². The normalized spacial score (nSPS) is 15.8. The molecule has 10 heteroatoms. The van der Waals surface area contributed by atoms with Crippen LogP contribution in [0.5, 0.6) is 0 Å². The number of aromatic nitrogens is 2. The van der Waals surface area contributed by atoms with E-state index in [1.807, 2.05) is 6.92 Å². The number of piperazine rings is 1. The van der Waals surface area contributed by atoms with Crippen LogP contribution in [0.1, 0.15) is 46.4 Å². The molecule has 1 fully saturated rings. The molecule has 0 radical (unpaired) electrons. The van der Waals surface area contributed by atoms with Gasteiger partial charge in [-0.15, -0.1) is 24.0 Å². The summed E-state index contributed by atoms with van der Waals surface area (Å²) in [7, 11) is 0. The Morgan fingerprint density at radius 3 is 2.54 bits per heavy atom. The first-order valence-corrected chi connectivity index (χ1v) is 10.7. The largest absolute Gasteiger partial charge is 0.357 e. The van der Waals surface area contributed by atoms with E-state index in [2.05, 4.69) is 55.6 Å². The van der Waals surface area contributed by atoms with Crippen molar-refractivity contribution in [2.24, 2.45) is 4.99 Å². The lowest BCUT2D eigenvalue weighted by molar-refractivity contribution is -0.121. The van der Waals surface area contributed by atoms with Gasteiger partial charge in [0.15, 0.2) is 5.96 Å². The Hall–Kier alpha value is -1.17. The zero-order valence-electron chi connectivity index (χ0n) is 17.4. The van der Waals surface area contributed by atoms with E-state index in [1.54, 1.807) is 0 Å². The Bertz CT molecular complexity index is 617. The summed E-state index contributed by atoms with van der Waals surface area (Å²) in [6.45, 7) is 13.1. The molecule has 0 bridgehead atoms. The van der Waals surface area contributed by atoms with E-state index in [0.717, 1.165) is 62.5 Å². The molecule has 2 heterocycles. The Morgan fingerprint density at radius 2 is 1.96 bits per heavy atom. The maximum Gasteiger partial charge on any atom is 0.222 e. The molecule has 0 saturated carbocycles. The molecule has 1 aliphatic rings. The SMILES string of the molecule is CCNC(=NCCC(=O)NC(C)CC)N1CCN(c2nc(CC)ns2)CC1.I. The number of carbonyl (C=O) groups is 1. The van der Waals surface area contributed by atoms with Gasteiger partial charge in [-0.1, -0.05) is 13.8 Å². The molecular weight excluding hydrogens is 489 g/mol. The second-order valence-electron chi connectivity index (χ2n) is 6.68. The molecule has 1 aliphatic heterocycles. The summed E-state index contributed by atoms with van der Waals surface area (Å²) in [6.07, 6.45) is 2.23. The first-order chi connectivity index (χ1) is 13.1. The fraction of sp³-hybridized carbons (Fsp3) is 0.778. The number of hydrogen-bond donors (Lipinski definition) is 2. The molecule has 160 valence electrons. The first kappa shape index (κ1) is 24.9. The third kappa shape index (κ3) is 7.69. The fourth-order valence-electron chi connectivity index (χ4n) is 2.76. The number of halogens is 1. The number of aliphatic imine (C=N–C) groups is 1. The smallest absolute Gasteiger partial charge is 0.222 e. The molecule has 1 amide bonds. The summed E-state index contributed by atoms with van der Waals surface area (Å²) in [5, 5.41) is 7.34. The second kappa shape index (κ2) is 13.1. The fourth-order valence-corrected chi connectivity index (χ4v) is 3.57. The Morgan fingerprint density at radius 1 is 1.25 bits per heavy atom. The van der Waals surface area contributed by atoms with Crippen molar-refractivity contribution < 1.29 is 4.79 Å². The summed E-state index contributed by atoms with van der Waals surface area (Å²) in [5.41, 5.74) is 0. The highest BCUT2D eigenvalue weighted by Gasteiger charge is 2.22. The minimum Gasteiger partial charge on any atom is -0.357 e. The third-order valence-electron chi connectivity index (χ3n) is 4.58. The van der Waals surface area contributed by atoms with Crippen LogP contribution in [0.15, 0.2) is 4.99 Å². The maximum absolute atomic E-state index is 11.9. The molecule has 8 nitrogen and oxygen atoms in total. The van der Waals surface area contributed by atoms with Crippen molar-refractivity contribution in [2.75, 3.05) is 44.2 Å². The van der Waals surface area contributed by atoms with Crippen LogP contribution >= 0.6 is 35.5 Å². The predicted molar refractivity (Wildman–Crippen MR) is 127 cm³/mol. The lowest BCUT2D eigenvalue weighted by Gasteiger charge is -2.36. The molecule has 1 atom stereocenters. The van der Waals surface area contributed by atoms with Gasteiger partial charge in [0.05, 0.1) is 6.54 Å². The van der Waals surface area contributed by atoms with Crippen LogP contribution in [0.4, 0.5) is 5.13 Å². The number of guanidine groups is 1. The van der Waals surface area contributed by atoms with Crippen molar-refractivity contribution >= 4 is 52.5 Å². The van der Waals surface area contributed by atoms with E-state index >= 15 is 0 Å². The highest BCUT2D eigenvalue weighted by Crippen LogP contribution is 2.19. The molecule has 1 aromatic heterocycles. The van der Waals surface area contributed by atoms with E-state index in [9.17, 15) is 4.79 Å². The molecule has 0 spiro atoms. The van der Waals surface area contributed by atoms with Crippen molar-refractivity contribution in [3.8, 4) is 0 Å². The van der Waals surface area contributed by atoms with Gasteiger partial charge < -0.3 is 20.4 Å². The van der Waals surface area contributed by atoms with Crippen molar-refractivity contribution in [3.05, 3.63) is 5.82 Å². The van der Waals surface area contributed by atoms with Gasteiger partial charge in [-0.05, 0) is 20.3 Å². The van der Waals surface area contributed by atoms with Crippen LogP contribution in [0.2, 0.25) is 0 Å². The monoisotopic (exact) mass is 523 g/mol. The van der Waals surface area contributed by atoms with E-state index < -0.39 is 0 Å². The summed E-state index contributed by atoms with van der Waals surface area (Å²) in [5.74, 6) is 1.87. The summed E-state index contributed by atoms with van der Waals surface area (Å²) < 4.78 is 4.38. The second-order valence-corrected chi connectivity index (χ2v) is 7.41. The number of hydrogen-bond acceptors (Lipinski definition) is 6. The first-order valence-electron chi connectivity index (χ1n) is 9.97. The standard InChI is InChI=1S/C18H33N7OS.HI/c1-5-14(4)21-16(26)8-9-20-17(19-7-3)24-10-12-25(13-11-24)18-22-15(6-2)23-27-18;/h14H,5-13H2,1-4H3,(H,19,20)(H,21,26);1H. The molecular formula is C18H34IN7OS. The van der Waals surface area contributed by atoms with E-state index in [-0.39, 0.29) is 35.9 Å². The number of anilines is 1. The minimum absolute atomic E-state index is 0. The predicted octanol–water partition coefficient (Wildman–Crippen LogP) is 2.11. The van der Waals surface area contributed by atoms with Crippen molar-refractivity contribution in [1.82, 2.24) is 24.9 Å². The summed E-state index contributed by atoms with van der Waals surface area (Å²) >= 11 is 1.48. The highest BCUT2D eigenvalue weighted by atomic mass is 127. The van der Waals surface area contributed by atoms with E-state index in [0.29, 0.717) is 13.0 Å². The quantitative estimate of drug-likeness (QED) is 0.309. The van der Waals surface area contributed by atoms with Gasteiger partial charge in [-0.25, -0.2) is 4.98 Å². The van der Waals surface area contributed by atoms with Gasteiger partial charge in [0, 0.05) is 63.1 Å². The van der Waals surface area contributed by atoms with E-state index in [1.165, 1.54) is 11.5 Å². The van der Waals surface area contributed by atoms with Crippen LogP contribution in [-0.2, 0) is 11.2 Å². The number of carbonyl (C=O) groups excluding carboxylic acids is 1. The molecule has 1 unspecified atom stereocenters. The summed E-state index contributed by atoms with van der Waals surface area (Å²) in [4.78, 5) is 25.7. The van der Waals surface area contributed by atoms with Gasteiger partial charge in [-0.3, -0.25) is 9.79 Å². The van der Waals surface area contributed by atoms with Crippen molar-refractivity contribution in [1.29, 1.82) is 0 Å². The molecule has 28 heavy (non-hydrogen) atoms. The number of aryl methyl sites for hydroxylation is 1. The Kier molecular flexibility index (Phi) is 11.7. The van der Waals surface area contributed by atoms with Crippen molar-refractivity contribution in [2.45, 2.75) is 53.0 Å². The maximum atomic E-state index is 11.9. The van der Waals surface area contributed by atoms with Crippen molar-refractivity contribution in [3.63, 3.8) is 0 Å². The molecule has 1 saturated heterocycles. The average Bonchev–Trinajstić information content (AvgIpc) is 3.16. The van der Waals surface area contributed by atoms with Crippen LogP contribution in [0.3, 0.4) is 0 Å². The molecule has 1 aromatic rings. The van der Waals surface area contributed by atoms with Gasteiger partial charge in [0.2, 0.25) is 11.0 Å². The van der Waals surface area contributed by atoms with Gasteiger partial charge in [0.25, 0.3) is 0 Å². The summed E-state index contributed by atoms with van der Waals surface area (Å²) in [6, 6.07) is 0.219. The molecule has 2 N–H and O–H groups in total. The number of amides is 1. The highest BCUT2D eigenvalue weighted by molar-refractivity contribution is 14.0. The lowest BCUT2D eigenvalue weighted by atomic mass is 10.2. The Balaban J connectivity index is 0.00000392. The molecule has 2 rings (SSSR count). The van der Waals surface area contributed by atoms with Gasteiger partial charge in [0.1, 0.15) is 5.82 Å². The zero-order chi connectivity index (χ0) is 19.6. The average molecular weight is 523 g/mol. The van der Waals surface area contributed by atoms with Gasteiger partial charge >= 0.3 is 0 Å².